The van der Waals surface area contributed by atoms with Crippen LogP contribution in [0.5, 0.6) is 0 Å². The Bertz CT molecular complexity index is 931. The van der Waals surface area contributed by atoms with Gasteiger partial charge in [-0.3, -0.25) is 4.98 Å². The van der Waals surface area contributed by atoms with E-state index >= 15 is 0 Å². The summed E-state index contributed by atoms with van der Waals surface area (Å²) in [5, 5.41) is 0. The summed E-state index contributed by atoms with van der Waals surface area (Å²) in [4.78, 5) is 23.3. The van der Waals surface area contributed by atoms with E-state index in [0.29, 0.717) is 0 Å². The molecule has 3 heterocycles. The number of anilines is 2. The van der Waals surface area contributed by atoms with Crippen molar-refractivity contribution in [2.24, 2.45) is 0 Å². The van der Waals surface area contributed by atoms with Crippen LogP contribution in [-0.2, 0) is 6.42 Å². The molecule has 1 aliphatic rings. The first-order valence-electron chi connectivity index (χ1n) is 9.21. The monoisotopic (exact) mass is 348 g/mol. The number of hydrogen-bond donors (Lipinski definition) is 0. The highest BCUT2D eigenvalue weighted by atomic mass is 15.3. The molecule has 1 fully saturated rings. The number of piperazine rings is 1. The van der Waals surface area contributed by atoms with Gasteiger partial charge in [-0.25, -0.2) is 15.0 Å². The number of benzene rings is 1. The Balaban J connectivity index is 1.54. The van der Waals surface area contributed by atoms with Crippen LogP contribution in [-0.4, -0.2) is 46.1 Å². The highest BCUT2D eigenvalue weighted by Gasteiger charge is 2.22. The number of para-hydroxylation sites is 2. The molecule has 0 atom stereocenters. The molecular weight excluding hydrogens is 324 g/mol. The van der Waals surface area contributed by atoms with E-state index in [-0.39, 0.29) is 0 Å². The van der Waals surface area contributed by atoms with Gasteiger partial charge < -0.3 is 9.80 Å². The fraction of sp³-hybridized carbons (Fsp3) is 0.400. The molecule has 0 saturated carbocycles. The van der Waals surface area contributed by atoms with Gasteiger partial charge in [0.25, 0.3) is 0 Å². The molecule has 6 heteroatoms. The van der Waals surface area contributed by atoms with Crippen LogP contribution < -0.4 is 9.80 Å². The van der Waals surface area contributed by atoms with Crippen molar-refractivity contribution in [1.29, 1.82) is 0 Å². The van der Waals surface area contributed by atoms with Gasteiger partial charge in [-0.2, -0.15) is 0 Å². The molecule has 4 rings (SSSR count). The summed E-state index contributed by atoms with van der Waals surface area (Å²) >= 11 is 0. The Morgan fingerprint density at radius 1 is 0.885 bits per heavy atom. The predicted octanol–water partition coefficient (Wildman–Crippen LogP) is 2.93. The van der Waals surface area contributed by atoms with Gasteiger partial charge in [-0.15, -0.1) is 0 Å². The van der Waals surface area contributed by atoms with Crippen molar-refractivity contribution in [3.05, 3.63) is 47.5 Å². The first kappa shape index (κ1) is 16.7. The number of aromatic nitrogens is 4. The number of fused-ring (bicyclic) bond motifs is 1. The van der Waals surface area contributed by atoms with Gasteiger partial charge >= 0.3 is 0 Å². The van der Waals surface area contributed by atoms with Gasteiger partial charge in [0.2, 0.25) is 0 Å². The molecule has 0 aliphatic carbocycles. The Kier molecular flexibility index (Phi) is 4.41. The molecule has 0 N–H and O–H groups in total. The molecule has 0 unspecified atom stereocenters. The zero-order chi connectivity index (χ0) is 18.1. The Morgan fingerprint density at radius 3 is 2.31 bits per heavy atom. The van der Waals surface area contributed by atoms with Gasteiger partial charge in [0, 0.05) is 37.4 Å². The zero-order valence-corrected chi connectivity index (χ0v) is 15.6. The standard InChI is InChI=1S/C20H24N6/c1-4-16-14(2)22-15(3)23-20(16)26-11-9-25(10-12-26)19-13-21-17-7-5-6-8-18(17)24-19/h5-8,13H,4,9-12H2,1-3H3. The minimum absolute atomic E-state index is 0.845. The molecule has 1 saturated heterocycles. The molecule has 134 valence electrons. The molecule has 6 nitrogen and oxygen atoms in total. The lowest BCUT2D eigenvalue weighted by Crippen LogP contribution is -2.47. The van der Waals surface area contributed by atoms with Crippen molar-refractivity contribution in [2.45, 2.75) is 27.2 Å². The number of nitrogens with zero attached hydrogens (tertiary/aromatic N) is 6. The Labute approximate surface area is 153 Å². The Hall–Kier alpha value is -2.76. The third-order valence-corrected chi connectivity index (χ3v) is 5.00. The summed E-state index contributed by atoms with van der Waals surface area (Å²) in [7, 11) is 0. The molecular formula is C20H24N6. The summed E-state index contributed by atoms with van der Waals surface area (Å²) in [6.07, 6.45) is 2.84. The summed E-state index contributed by atoms with van der Waals surface area (Å²) in [5.74, 6) is 2.90. The van der Waals surface area contributed by atoms with Crippen LogP contribution in [0.2, 0.25) is 0 Å². The van der Waals surface area contributed by atoms with Crippen molar-refractivity contribution in [1.82, 2.24) is 19.9 Å². The van der Waals surface area contributed by atoms with E-state index in [4.69, 9.17) is 9.97 Å². The molecule has 0 spiro atoms. The average Bonchev–Trinajstić information content (AvgIpc) is 2.67. The average molecular weight is 348 g/mol. The second-order valence-corrected chi connectivity index (χ2v) is 6.70. The lowest BCUT2D eigenvalue weighted by Gasteiger charge is -2.37. The lowest BCUT2D eigenvalue weighted by molar-refractivity contribution is 0.636. The third kappa shape index (κ3) is 3.07. The van der Waals surface area contributed by atoms with Gasteiger partial charge in [0.05, 0.1) is 17.2 Å². The fourth-order valence-corrected chi connectivity index (χ4v) is 3.64. The van der Waals surface area contributed by atoms with E-state index in [1.165, 1.54) is 5.56 Å². The number of aryl methyl sites for hydroxylation is 2. The topological polar surface area (TPSA) is 58.0 Å². The lowest BCUT2D eigenvalue weighted by atomic mass is 10.1. The van der Waals surface area contributed by atoms with Gasteiger partial charge in [-0.1, -0.05) is 19.1 Å². The summed E-state index contributed by atoms with van der Waals surface area (Å²) in [5.41, 5.74) is 4.24. The van der Waals surface area contributed by atoms with E-state index < -0.39 is 0 Å². The SMILES string of the molecule is CCc1c(C)nc(C)nc1N1CCN(c2cnc3ccccc3n2)CC1. The fourth-order valence-electron chi connectivity index (χ4n) is 3.64. The molecule has 26 heavy (non-hydrogen) atoms. The van der Waals surface area contributed by atoms with E-state index in [2.05, 4.69) is 33.6 Å². The van der Waals surface area contributed by atoms with Crippen LogP contribution in [0.3, 0.4) is 0 Å². The first-order valence-corrected chi connectivity index (χ1v) is 9.21. The number of rotatable bonds is 3. The minimum Gasteiger partial charge on any atom is -0.353 e. The first-order chi connectivity index (χ1) is 12.7. The van der Waals surface area contributed by atoms with Crippen LogP contribution >= 0.6 is 0 Å². The summed E-state index contributed by atoms with van der Waals surface area (Å²) in [6, 6.07) is 8.01. The minimum atomic E-state index is 0.845. The highest BCUT2D eigenvalue weighted by Crippen LogP contribution is 2.24. The molecule has 3 aromatic rings. The van der Waals surface area contributed by atoms with E-state index in [1.54, 1.807) is 0 Å². The van der Waals surface area contributed by atoms with Crippen molar-refractivity contribution >= 4 is 22.7 Å². The molecule has 2 aromatic heterocycles. The molecule has 0 radical (unpaired) electrons. The van der Waals surface area contributed by atoms with Crippen LogP contribution in [0.4, 0.5) is 11.6 Å². The van der Waals surface area contributed by atoms with E-state index in [1.807, 2.05) is 37.4 Å². The molecule has 1 aliphatic heterocycles. The van der Waals surface area contributed by atoms with Crippen LogP contribution in [0.1, 0.15) is 24.0 Å². The second-order valence-electron chi connectivity index (χ2n) is 6.70. The third-order valence-electron chi connectivity index (χ3n) is 5.00. The Morgan fingerprint density at radius 2 is 1.58 bits per heavy atom. The van der Waals surface area contributed by atoms with Crippen LogP contribution in [0.25, 0.3) is 11.0 Å². The summed E-state index contributed by atoms with van der Waals surface area (Å²) < 4.78 is 0. The van der Waals surface area contributed by atoms with E-state index in [9.17, 15) is 0 Å². The largest absolute Gasteiger partial charge is 0.353 e. The maximum Gasteiger partial charge on any atom is 0.147 e. The molecule has 0 bridgehead atoms. The maximum atomic E-state index is 4.78. The maximum absolute atomic E-state index is 4.78. The van der Waals surface area contributed by atoms with Gasteiger partial charge in [0.15, 0.2) is 0 Å². The van der Waals surface area contributed by atoms with Crippen molar-refractivity contribution in [3.8, 4) is 0 Å². The smallest absolute Gasteiger partial charge is 0.147 e. The van der Waals surface area contributed by atoms with Crippen LogP contribution in [0.15, 0.2) is 30.5 Å². The summed E-state index contributed by atoms with van der Waals surface area (Å²) in [6.45, 7) is 9.91. The van der Waals surface area contributed by atoms with Crippen molar-refractivity contribution in [3.63, 3.8) is 0 Å². The van der Waals surface area contributed by atoms with E-state index in [0.717, 1.165) is 66.8 Å². The van der Waals surface area contributed by atoms with Crippen molar-refractivity contribution < 1.29 is 0 Å². The quantitative estimate of drug-likeness (QED) is 0.725. The van der Waals surface area contributed by atoms with Crippen molar-refractivity contribution in [2.75, 3.05) is 36.0 Å². The second kappa shape index (κ2) is 6.86. The molecule has 0 amide bonds. The predicted molar refractivity (Wildman–Crippen MR) is 105 cm³/mol. The van der Waals surface area contributed by atoms with Gasteiger partial charge in [0.1, 0.15) is 17.5 Å². The van der Waals surface area contributed by atoms with Crippen LogP contribution in [0, 0.1) is 13.8 Å². The highest BCUT2D eigenvalue weighted by molar-refractivity contribution is 5.75. The zero-order valence-electron chi connectivity index (χ0n) is 15.6. The normalized spacial score (nSPS) is 14.9. The molecule has 1 aromatic carbocycles. The van der Waals surface area contributed by atoms with Gasteiger partial charge in [-0.05, 0) is 32.4 Å². The number of hydrogen-bond acceptors (Lipinski definition) is 6.